The van der Waals surface area contributed by atoms with Gasteiger partial charge in [-0.05, 0) is 69.5 Å². The van der Waals surface area contributed by atoms with E-state index in [-0.39, 0.29) is 11.0 Å². The molecule has 1 aliphatic heterocycles. The Labute approximate surface area is 146 Å². The Morgan fingerprint density at radius 2 is 1.75 bits per heavy atom. The lowest BCUT2D eigenvalue weighted by atomic mass is 9.64. The summed E-state index contributed by atoms with van der Waals surface area (Å²) < 4.78 is 0. The van der Waals surface area contributed by atoms with E-state index in [1.165, 1.54) is 31.2 Å². The molecule has 130 valence electrons. The van der Waals surface area contributed by atoms with E-state index in [0.717, 1.165) is 38.3 Å². The molecule has 0 radical (unpaired) electrons. The van der Waals surface area contributed by atoms with Crippen LogP contribution in [0.3, 0.4) is 0 Å². The van der Waals surface area contributed by atoms with Crippen molar-refractivity contribution in [1.82, 2.24) is 9.80 Å². The van der Waals surface area contributed by atoms with E-state index < -0.39 is 0 Å². The van der Waals surface area contributed by atoms with Crippen LogP contribution in [-0.2, 0) is 10.3 Å². The zero-order valence-electron chi connectivity index (χ0n) is 15.1. The highest BCUT2D eigenvalue weighted by molar-refractivity contribution is 5.79. The Hall–Kier alpha value is -1.35. The normalized spacial score (nSPS) is 33.6. The predicted octanol–water partition coefficient (Wildman–Crippen LogP) is 3.65. The number of rotatable bonds is 4. The molecule has 1 heterocycles. The van der Waals surface area contributed by atoms with Crippen LogP contribution in [0.25, 0.3) is 0 Å². The summed E-state index contributed by atoms with van der Waals surface area (Å²) in [6.07, 6.45) is 8.12. The highest BCUT2D eigenvalue weighted by Gasteiger charge is 2.50. The van der Waals surface area contributed by atoms with Crippen LogP contribution in [0.1, 0.15) is 50.5 Å². The van der Waals surface area contributed by atoms with Gasteiger partial charge in [0.15, 0.2) is 0 Å². The molecule has 1 aromatic carbocycles. The molecule has 3 heteroatoms. The summed E-state index contributed by atoms with van der Waals surface area (Å²) in [4.78, 5) is 17.1. The first-order valence-corrected chi connectivity index (χ1v) is 9.54. The average molecular weight is 326 g/mol. The van der Waals surface area contributed by atoms with Crippen LogP contribution in [0, 0.1) is 11.3 Å². The van der Waals surface area contributed by atoms with Crippen molar-refractivity contribution in [2.24, 2.45) is 11.3 Å². The molecule has 3 aliphatic rings. The van der Waals surface area contributed by atoms with Crippen LogP contribution in [0.5, 0.6) is 0 Å². The fraction of sp³-hybridized carbons (Fsp3) is 0.667. The van der Waals surface area contributed by atoms with Gasteiger partial charge in [-0.25, -0.2) is 0 Å². The minimum absolute atomic E-state index is 0.138. The van der Waals surface area contributed by atoms with Gasteiger partial charge >= 0.3 is 0 Å². The first-order valence-electron chi connectivity index (χ1n) is 9.54. The van der Waals surface area contributed by atoms with Gasteiger partial charge in [0.1, 0.15) is 0 Å². The number of likely N-dealkylation sites (tertiary alicyclic amines) is 1. The van der Waals surface area contributed by atoms with Crippen LogP contribution in [0.2, 0.25) is 0 Å². The number of hydrogen-bond acceptors (Lipinski definition) is 2. The van der Waals surface area contributed by atoms with E-state index in [4.69, 9.17) is 0 Å². The second-order valence-electron chi connectivity index (χ2n) is 8.69. The third-order valence-corrected chi connectivity index (χ3v) is 6.89. The van der Waals surface area contributed by atoms with Gasteiger partial charge in [-0.3, -0.25) is 9.69 Å². The largest absolute Gasteiger partial charge is 0.342 e. The Morgan fingerprint density at radius 1 is 1.08 bits per heavy atom. The monoisotopic (exact) mass is 326 g/mol. The maximum absolute atomic E-state index is 12.5. The lowest BCUT2D eigenvalue weighted by Crippen LogP contribution is -2.47. The fourth-order valence-corrected chi connectivity index (χ4v) is 5.03. The summed E-state index contributed by atoms with van der Waals surface area (Å²) in [6, 6.07) is 11.0. The zero-order chi connectivity index (χ0) is 16.8. The molecule has 0 N–H and O–H groups in total. The van der Waals surface area contributed by atoms with Gasteiger partial charge in [-0.15, -0.1) is 0 Å². The van der Waals surface area contributed by atoms with Crippen LogP contribution in [-0.4, -0.2) is 42.9 Å². The van der Waals surface area contributed by atoms with Gasteiger partial charge in [-0.1, -0.05) is 30.3 Å². The average Bonchev–Trinajstić information content (AvgIpc) is 3.34. The fourth-order valence-electron chi connectivity index (χ4n) is 5.03. The molecule has 24 heavy (non-hydrogen) atoms. The second kappa shape index (κ2) is 5.87. The molecule has 2 saturated carbocycles. The minimum atomic E-state index is 0.138. The minimum Gasteiger partial charge on any atom is -0.342 e. The zero-order valence-corrected chi connectivity index (χ0v) is 15.1. The van der Waals surface area contributed by atoms with Gasteiger partial charge in [-0.2, -0.15) is 0 Å². The van der Waals surface area contributed by atoms with Crippen molar-refractivity contribution < 1.29 is 4.79 Å². The second-order valence-corrected chi connectivity index (χ2v) is 8.69. The smallest absolute Gasteiger partial charge is 0.223 e. The van der Waals surface area contributed by atoms with Gasteiger partial charge in [0.2, 0.25) is 5.91 Å². The number of carbonyl (C=O) groups is 1. The van der Waals surface area contributed by atoms with Crippen molar-refractivity contribution in [3.63, 3.8) is 0 Å². The van der Waals surface area contributed by atoms with Gasteiger partial charge in [0.05, 0.1) is 0 Å². The van der Waals surface area contributed by atoms with E-state index in [2.05, 4.69) is 54.2 Å². The highest BCUT2D eigenvalue weighted by Crippen LogP contribution is 2.52. The molecule has 1 spiro atoms. The molecule has 1 aromatic rings. The Bertz CT molecular complexity index is 598. The molecular weight excluding hydrogens is 296 g/mol. The topological polar surface area (TPSA) is 23.6 Å². The first-order chi connectivity index (χ1) is 11.5. The maximum Gasteiger partial charge on any atom is 0.223 e. The van der Waals surface area contributed by atoms with Gasteiger partial charge in [0.25, 0.3) is 0 Å². The van der Waals surface area contributed by atoms with E-state index in [9.17, 15) is 4.79 Å². The van der Waals surface area contributed by atoms with Crippen molar-refractivity contribution in [3.8, 4) is 0 Å². The van der Waals surface area contributed by atoms with Crippen LogP contribution >= 0.6 is 0 Å². The van der Waals surface area contributed by atoms with E-state index >= 15 is 0 Å². The number of nitrogens with zero attached hydrogens (tertiary/aromatic N) is 2. The molecule has 3 nitrogen and oxygen atoms in total. The lowest BCUT2D eigenvalue weighted by Gasteiger charge is -2.48. The number of amides is 1. The summed E-state index contributed by atoms with van der Waals surface area (Å²) in [5.41, 5.74) is 1.82. The summed E-state index contributed by atoms with van der Waals surface area (Å²) >= 11 is 0. The maximum atomic E-state index is 12.5. The van der Waals surface area contributed by atoms with Crippen LogP contribution in [0.4, 0.5) is 0 Å². The molecule has 4 rings (SSSR count). The summed E-state index contributed by atoms with van der Waals surface area (Å²) in [5, 5.41) is 0. The molecule has 1 amide bonds. The van der Waals surface area contributed by atoms with Crippen molar-refractivity contribution in [2.45, 2.75) is 50.5 Å². The third kappa shape index (κ3) is 2.77. The number of carbonyl (C=O) groups excluding carboxylic acids is 1. The summed E-state index contributed by atoms with van der Waals surface area (Å²) in [6.45, 7) is 2.04. The summed E-state index contributed by atoms with van der Waals surface area (Å²) in [7, 11) is 4.42. The molecule has 2 aliphatic carbocycles. The van der Waals surface area contributed by atoms with Gasteiger partial charge in [0, 0.05) is 25.0 Å². The third-order valence-electron chi connectivity index (χ3n) is 6.89. The van der Waals surface area contributed by atoms with Gasteiger partial charge < -0.3 is 4.90 Å². The van der Waals surface area contributed by atoms with Crippen molar-refractivity contribution >= 4 is 5.91 Å². The predicted molar refractivity (Wildman–Crippen MR) is 96.6 cm³/mol. The molecule has 1 saturated heterocycles. The Morgan fingerprint density at radius 3 is 2.33 bits per heavy atom. The van der Waals surface area contributed by atoms with E-state index in [0.29, 0.717) is 5.91 Å². The quantitative estimate of drug-likeness (QED) is 0.843. The number of hydrogen-bond donors (Lipinski definition) is 0. The van der Waals surface area contributed by atoms with Crippen molar-refractivity contribution in [3.05, 3.63) is 35.9 Å². The van der Waals surface area contributed by atoms with Crippen LogP contribution < -0.4 is 0 Å². The highest BCUT2D eigenvalue weighted by atomic mass is 16.2. The molecule has 0 aromatic heterocycles. The summed E-state index contributed by atoms with van der Waals surface area (Å²) in [5.74, 6) is 1.22. The van der Waals surface area contributed by atoms with Crippen molar-refractivity contribution in [1.29, 1.82) is 0 Å². The Balaban J connectivity index is 1.50. The van der Waals surface area contributed by atoms with E-state index in [1.54, 1.807) is 0 Å². The standard InChI is InChI=1S/C21H30N2O/c1-22(2)21(18-6-4-3-5-7-18)12-10-20(11-13-21)14-19(24)23(16-20)15-17-8-9-17/h3-7,17H,8-16H2,1-2H3. The molecule has 3 fully saturated rings. The molecular formula is C21H30N2O. The van der Waals surface area contributed by atoms with E-state index in [1.807, 2.05) is 0 Å². The molecule has 0 unspecified atom stereocenters. The molecule has 0 bridgehead atoms. The molecule has 0 atom stereocenters. The first kappa shape index (κ1) is 16.1. The lowest BCUT2D eigenvalue weighted by molar-refractivity contribution is -0.128. The van der Waals surface area contributed by atoms with Crippen LogP contribution in [0.15, 0.2) is 30.3 Å². The Kier molecular flexibility index (Phi) is 3.95. The number of benzene rings is 1. The SMILES string of the molecule is CN(C)C1(c2ccccc2)CCC2(CC1)CC(=O)N(CC1CC1)C2. The van der Waals surface area contributed by atoms with Crippen molar-refractivity contribution in [2.75, 3.05) is 27.2 Å².